The van der Waals surface area contributed by atoms with Crippen molar-refractivity contribution in [1.82, 2.24) is 0 Å². The molecule has 102 valence electrons. The fraction of sp³-hybridized carbons (Fsp3) is 0.455. The van der Waals surface area contributed by atoms with Crippen molar-refractivity contribution >= 4 is 42.9 Å². The van der Waals surface area contributed by atoms with Gasteiger partial charge in [-0.15, -0.1) is 0 Å². The van der Waals surface area contributed by atoms with Crippen molar-refractivity contribution in [3.63, 3.8) is 0 Å². The third kappa shape index (κ3) is 3.92. The van der Waals surface area contributed by atoms with Crippen LogP contribution in [0.1, 0.15) is 20.3 Å². The molecule has 18 heavy (non-hydrogen) atoms. The molecular formula is C11H13Cl3O3S. The molecule has 0 saturated carbocycles. The SMILES string of the molecule is CCC(C)COc1ccc(S(=O)(=O)Cl)c(Cl)c1Cl. The molecule has 0 aliphatic rings. The lowest BCUT2D eigenvalue weighted by Gasteiger charge is -2.13. The Labute approximate surface area is 121 Å². The lowest BCUT2D eigenvalue weighted by Crippen LogP contribution is -2.07. The van der Waals surface area contributed by atoms with Gasteiger partial charge in [0.15, 0.2) is 0 Å². The molecule has 0 fully saturated rings. The number of halogens is 3. The second-order valence-corrected chi connectivity index (χ2v) is 7.24. The topological polar surface area (TPSA) is 43.4 Å². The Bertz CT molecular complexity index is 529. The minimum absolute atomic E-state index is 0.0571. The van der Waals surface area contributed by atoms with Crippen LogP contribution in [0.2, 0.25) is 10.0 Å². The molecule has 1 unspecified atom stereocenters. The van der Waals surface area contributed by atoms with E-state index >= 15 is 0 Å². The Morgan fingerprint density at radius 2 is 1.89 bits per heavy atom. The first-order chi connectivity index (χ1) is 8.27. The lowest BCUT2D eigenvalue weighted by atomic mass is 10.1. The van der Waals surface area contributed by atoms with E-state index in [4.69, 9.17) is 38.6 Å². The highest BCUT2D eigenvalue weighted by Crippen LogP contribution is 2.38. The quantitative estimate of drug-likeness (QED) is 0.754. The first-order valence-corrected chi connectivity index (χ1v) is 8.39. The van der Waals surface area contributed by atoms with E-state index in [-0.39, 0.29) is 14.9 Å². The Morgan fingerprint density at radius 1 is 1.28 bits per heavy atom. The van der Waals surface area contributed by atoms with Gasteiger partial charge < -0.3 is 4.74 Å². The van der Waals surface area contributed by atoms with E-state index < -0.39 is 9.05 Å². The highest BCUT2D eigenvalue weighted by atomic mass is 35.7. The molecule has 7 heteroatoms. The van der Waals surface area contributed by atoms with Gasteiger partial charge >= 0.3 is 0 Å². The van der Waals surface area contributed by atoms with Gasteiger partial charge in [-0.1, -0.05) is 43.5 Å². The van der Waals surface area contributed by atoms with Gasteiger partial charge in [0.1, 0.15) is 15.7 Å². The van der Waals surface area contributed by atoms with Crippen LogP contribution in [-0.4, -0.2) is 15.0 Å². The van der Waals surface area contributed by atoms with Gasteiger partial charge in [0.2, 0.25) is 0 Å². The summed E-state index contributed by atoms with van der Waals surface area (Å²) in [7, 11) is 1.32. The zero-order valence-electron chi connectivity index (χ0n) is 9.91. The van der Waals surface area contributed by atoms with Crippen molar-refractivity contribution in [3.05, 3.63) is 22.2 Å². The Morgan fingerprint density at radius 3 is 2.39 bits per heavy atom. The number of hydrogen-bond donors (Lipinski definition) is 0. The van der Waals surface area contributed by atoms with Crippen LogP contribution in [0.15, 0.2) is 17.0 Å². The highest BCUT2D eigenvalue weighted by Gasteiger charge is 2.20. The Balaban J connectivity index is 3.02. The molecule has 0 aliphatic carbocycles. The van der Waals surface area contributed by atoms with Crippen LogP contribution in [-0.2, 0) is 9.05 Å². The van der Waals surface area contributed by atoms with Crippen molar-refractivity contribution in [1.29, 1.82) is 0 Å². The second kappa shape index (κ2) is 6.33. The molecule has 0 bridgehead atoms. The average molecular weight is 332 g/mol. The van der Waals surface area contributed by atoms with Crippen molar-refractivity contribution < 1.29 is 13.2 Å². The van der Waals surface area contributed by atoms with Gasteiger partial charge in [-0.2, -0.15) is 0 Å². The summed E-state index contributed by atoms with van der Waals surface area (Å²) >= 11 is 11.8. The molecule has 0 amide bonds. The van der Waals surface area contributed by atoms with E-state index in [1.54, 1.807) is 0 Å². The van der Waals surface area contributed by atoms with Gasteiger partial charge in [0.05, 0.1) is 11.6 Å². The van der Waals surface area contributed by atoms with Crippen molar-refractivity contribution in [2.24, 2.45) is 5.92 Å². The zero-order chi connectivity index (χ0) is 13.9. The fourth-order valence-electron chi connectivity index (χ4n) is 1.16. The molecule has 0 aliphatic heterocycles. The lowest BCUT2D eigenvalue weighted by molar-refractivity contribution is 0.256. The summed E-state index contributed by atoms with van der Waals surface area (Å²) in [6.45, 7) is 4.57. The zero-order valence-corrected chi connectivity index (χ0v) is 13.0. The smallest absolute Gasteiger partial charge is 0.262 e. The maximum atomic E-state index is 11.2. The summed E-state index contributed by atoms with van der Waals surface area (Å²) in [4.78, 5) is -0.216. The predicted octanol–water partition coefficient (Wildman–Crippen LogP) is 4.35. The summed E-state index contributed by atoms with van der Waals surface area (Å²) < 4.78 is 27.9. The van der Waals surface area contributed by atoms with Crippen LogP contribution in [0.5, 0.6) is 5.75 Å². The van der Waals surface area contributed by atoms with Crippen LogP contribution in [0, 0.1) is 5.92 Å². The monoisotopic (exact) mass is 330 g/mol. The maximum absolute atomic E-state index is 11.2. The summed E-state index contributed by atoms with van der Waals surface area (Å²) in [6, 6.07) is 2.73. The predicted molar refractivity (Wildman–Crippen MR) is 74.5 cm³/mol. The molecule has 1 aromatic rings. The average Bonchev–Trinajstić information content (AvgIpc) is 2.28. The molecule has 1 rings (SSSR count). The number of ether oxygens (including phenoxy) is 1. The van der Waals surface area contributed by atoms with Gasteiger partial charge in [0.25, 0.3) is 9.05 Å². The molecule has 0 heterocycles. The highest BCUT2D eigenvalue weighted by molar-refractivity contribution is 8.13. The Hall–Kier alpha value is -0.160. The van der Waals surface area contributed by atoms with Crippen molar-refractivity contribution in [2.75, 3.05) is 6.61 Å². The van der Waals surface area contributed by atoms with Gasteiger partial charge in [-0.25, -0.2) is 8.42 Å². The molecular weight excluding hydrogens is 319 g/mol. The molecule has 3 nitrogen and oxygen atoms in total. The molecule has 0 saturated heterocycles. The van der Waals surface area contributed by atoms with Crippen LogP contribution >= 0.6 is 33.9 Å². The number of hydrogen-bond acceptors (Lipinski definition) is 3. The summed E-state index contributed by atoms with van der Waals surface area (Å²) in [5.74, 6) is 0.724. The van der Waals surface area contributed by atoms with Crippen LogP contribution in [0.25, 0.3) is 0 Å². The first kappa shape index (κ1) is 15.9. The molecule has 0 aromatic heterocycles. The second-order valence-electron chi connectivity index (χ2n) is 3.95. The maximum Gasteiger partial charge on any atom is 0.262 e. The van der Waals surface area contributed by atoms with E-state index in [1.807, 2.05) is 13.8 Å². The summed E-state index contributed by atoms with van der Waals surface area (Å²) in [5, 5.41) is -0.0602. The van der Waals surface area contributed by atoms with Crippen molar-refractivity contribution in [3.8, 4) is 5.75 Å². The van der Waals surface area contributed by atoms with E-state index in [9.17, 15) is 8.42 Å². The summed E-state index contributed by atoms with van der Waals surface area (Å²) in [5.41, 5.74) is 0. The van der Waals surface area contributed by atoms with E-state index in [1.165, 1.54) is 12.1 Å². The standard InChI is InChI=1S/C11H13Cl3O3S/c1-3-7(2)6-17-8-4-5-9(18(14,15)16)11(13)10(8)12/h4-5,7H,3,6H2,1-2H3. The van der Waals surface area contributed by atoms with Crippen LogP contribution < -0.4 is 4.74 Å². The van der Waals surface area contributed by atoms with Gasteiger partial charge in [-0.05, 0) is 18.1 Å². The third-order valence-electron chi connectivity index (χ3n) is 2.49. The fourth-order valence-corrected chi connectivity index (χ4v) is 2.95. The first-order valence-electron chi connectivity index (χ1n) is 5.32. The van der Waals surface area contributed by atoms with Gasteiger partial charge in [0, 0.05) is 10.7 Å². The minimum atomic E-state index is -3.91. The number of rotatable bonds is 5. The third-order valence-corrected chi connectivity index (χ3v) is 4.84. The Kier molecular flexibility index (Phi) is 5.59. The largest absolute Gasteiger partial charge is 0.492 e. The van der Waals surface area contributed by atoms with E-state index in [0.29, 0.717) is 18.3 Å². The minimum Gasteiger partial charge on any atom is -0.492 e. The van der Waals surface area contributed by atoms with Crippen LogP contribution in [0.3, 0.4) is 0 Å². The molecule has 0 spiro atoms. The summed E-state index contributed by atoms with van der Waals surface area (Å²) in [6.07, 6.45) is 0.972. The molecule has 1 atom stereocenters. The van der Waals surface area contributed by atoms with Crippen LogP contribution in [0.4, 0.5) is 0 Å². The normalized spacial score (nSPS) is 13.4. The van der Waals surface area contributed by atoms with E-state index in [0.717, 1.165) is 6.42 Å². The molecule has 0 N–H and O–H groups in total. The van der Waals surface area contributed by atoms with Crippen molar-refractivity contribution in [2.45, 2.75) is 25.2 Å². The van der Waals surface area contributed by atoms with Gasteiger partial charge in [-0.3, -0.25) is 0 Å². The van der Waals surface area contributed by atoms with E-state index in [2.05, 4.69) is 0 Å². The molecule has 1 aromatic carbocycles. The molecule has 0 radical (unpaired) electrons. The number of benzene rings is 1.